The molecule has 7 nitrogen and oxygen atoms in total. The number of methoxy groups -OCH3 is 1. The van der Waals surface area contributed by atoms with Gasteiger partial charge in [0.15, 0.2) is 6.61 Å². The molecule has 1 atom stereocenters. The first kappa shape index (κ1) is 20.2. The van der Waals surface area contributed by atoms with E-state index in [1.807, 2.05) is 13.8 Å². The van der Waals surface area contributed by atoms with Crippen molar-refractivity contribution < 1.29 is 23.9 Å². The van der Waals surface area contributed by atoms with Gasteiger partial charge in [0, 0.05) is 6.20 Å². The lowest BCUT2D eigenvalue weighted by Gasteiger charge is -2.18. The molecule has 0 aliphatic heterocycles. The van der Waals surface area contributed by atoms with Crippen LogP contribution in [0.5, 0.6) is 0 Å². The molecule has 0 bridgehead atoms. The van der Waals surface area contributed by atoms with Crippen molar-refractivity contribution in [2.75, 3.05) is 13.7 Å². The topological polar surface area (TPSA) is 94.6 Å². The average Bonchev–Trinajstić information content (AvgIpc) is 2.53. The lowest BCUT2D eigenvalue weighted by Crippen LogP contribution is -2.44. The van der Waals surface area contributed by atoms with Crippen LogP contribution in [0.4, 0.5) is 0 Å². The van der Waals surface area contributed by atoms with E-state index in [4.69, 9.17) is 27.9 Å². The Kier molecular flexibility index (Phi) is 7.94. The first-order valence-corrected chi connectivity index (χ1v) is 7.85. The Morgan fingerprint density at radius 2 is 1.96 bits per heavy atom. The van der Waals surface area contributed by atoms with Crippen LogP contribution < -0.4 is 5.32 Å². The molecule has 0 aliphatic carbocycles. The third-order valence-corrected chi connectivity index (χ3v) is 3.58. The van der Waals surface area contributed by atoms with Crippen LogP contribution in [0, 0.1) is 5.92 Å². The van der Waals surface area contributed by atoms with Crippen LogP contribution in [0.3, 0.4) is 0 Å². The number of amides is 1. The van der Waals surface area contributed by atoms with E-state index in [1.54, 1.807) is 0 Å². The molecule has 24 heavy (non-hydrogen) atoms. The lowest BCUT2D eigenvalue weighted by atomic mass is 10.0. The van der Waals surface area contributed by atoms with Crippen LogP contribution in [-0.4, -0.2) is 42.6 Å². The molecule has 0 spiro atoms. The molecule has 9 heteroatoms. The number of hydrogen-bond donors (Lipinski definition) is 1. The van der Waals surface area contributed by atoms with Crippen molar-refractivity contribution in [3.05, 3.63) is 28.0 Å². The van der Waals surface area contributed by atoms with Crippen LogP contribution in [0.25, 0.3) is 0 Å². The number of esters is 2. The van der Waals surface area contributed by atoms with Crippen LogP contribution in [0.1, 0.15) is 30.6 Å². The molecule has 0 fully saturated rings. The van der Waals surface area contributed by atoms with Crippen molar-refractivity contribution in [2.45, 2.75) is 26.3 Å². The van der Waals surface area contributed by atoms with Gasteiger partial charge in [-0.05, 0) is 18.4 Å². The summed E-state index contributed by atoms with van der Waals surface area (Å²) in [6, 6.07) is 0.487. The molecule has 0 radical (unpaired) electrons. The third-order valence-electron chi connectivity index (χ3n) is 2.89. The molecule has 0 aliphatic rings. The lowest BCUT2D eigenvalue weighted by molar-refractivity contribution is -0.145. The first-order chi connectivity index (χ1) is 11.2. The predicted molar refractivity (Wildman–Crippen MR) is 87.9 cm³/mol. The molecule has 1 aromatic heterocycles. The second-order valence-corrected chi connectivity index (χ2v) is 6.11. The van der Waals surface area contributed by atoms with E-state index in [2.05, 4.69) is 15.0 Å². The summed E-state index contributed by atoms with van der Waals surface area (Å²) >= 11 is 11.4. The summed E-state index contributed by atoms with van der Waals surface area (Å²) in [5, 5.41) is 2.62. The number of carbonyl (C=O) groups excluding carboxylic acids is 3. The summed E-state index contributed by atoms with van der Waals surface area (Å²) in [5.41, 5.74) is 0.0592. The standard InChI is InChI=1S/C15H18Cl2N2O5/c1-8(2)4-11(15(22)23-3)19-12(20)7-24-14(21)9-5-10(16)13(17)18-6-9/h5-6,8,11H,4,7H2,1-3H3,(H,19,20)/t11-/m1/s1. The molecule has 1 aromatic rings. The zero-order valence-corrected chi connectivity index (χ0v) is 15.0. The molecule has 132 valence electrons. The summed E-state index contributed by atoms with van der Waals surface area (Å²) in [5.74, 6) is -1.79. The maximum atomic E-state index is 11.9. The summed E-state index contributed by atoms with van der Waals surface area (Å²) in [4.78, 5) is 39.0. The second-order valence-electron chi connectivity index (χ2n) is 5.35. The van der Waals surface area contributed by atoms with E-state index in [0.29, 0.717) is 6.42 Å². The number of halogens is 2. The van der Waals surface area contributed by atoms with E-state index in [-0.39, 0.29) is 21.7 Å². The summed E-state index contributed by atoms with van der Waals surface area (Å²) in [6.07, 6.45) is 1.59. The molecule has 1 N–H and O–H groups in total. The molecule has 0 saturated carbocycles. The Balaban J connectivity index is 2.58. The van der Waals surface area contributed by atoms with E-state index in [1.165, 1.54) is 19.4 Å². The molecule has 0 aromatic carbocycles. The molecular formula is C15H18Cl2N2O5. The minimum Gasteiger partial charge on any atom is -0.467 e. The summed E-state index contributed by atoms with van der Waals surface area (Å²) < 4.78 is 9.50. The molecule has 0 saturated heterocycles. The number of nitrogens with one attached hydrogen (secondary N) is 1. The highest BCUT2D eigenvalue weighted by Crippen LogP contribution is 2.20. The van der Waals surface area contributed by atoms with Crippen molar-refractivity contribution in [3.63, 3.8) is 0 Å². The van der Waals surface area contributed by atoms with E-state index < -0.39 is 30.5 Å². The minimum atomic E-state index is -0.798. The quantitative estimate of drug-likeness (QED) is 0.579. The van der Waals surface area contributed by atoms with Crippen molar-refractivity contribution in [3.8, 4) is 0 Å². The fourth-order valence-electron chi connectivity index (χ4n) is 1.81. The monoisotopic (exact) mass is 376 g/mol. The van der Waals surface area contributed by atoms with Gasteiger partial charge in [-0.25, -0.2) is 14.6 Å². The average molecular weight is 377 g/mol. The zero-order chi connectivity index (χ0) is 18.3. The Bertz CT molecular complexity index is 622. The summed E-state index contributed by atoms with van der Waals surface area (Å²) in [7, 11) is 1.24. The number of carbonyl (C=O) groups is 3. The molecule has 1 heterocycles. The fraction of sp³-hybridized carbons (Fsp3) is 0.467. The van der Waals surface area contributed by atoms with Crippen LogP contribution >= 0.6 is 23.2 Å². The van der Waals surface area contributed by atoms with Gasteiger partial charge in [0.1, 0.15) is 11.2 Å². The van der Waals surface area contributed by atoms with E-state index >= 15 is 0 Å². The van der Waals surface area contributed by atoms with Crippen LogP contribution in [0.2, 0.25) is 10.2 Å². The SMILES string of the molecule is COC(=O)[C@@H](CC(C)C)NC(=O)COC(=O)c1cnc(Cl)c(Cl)c1. The molecule has 0 unspecified atom stereocenters. The second kappa shape index (κ2) is 9.44. The number of aromatic nitrogens is 1. The molecule has 1 rings (SSSR count). The fourth-order valence-corrected chi connectivity index (χ4v) is 2.08. The van der Waals surface area contributed by atoms with Crippen LogP contribution in [0.15, 0.2) is 12.3 Å². The number of ether oxygens (including phenoxy) is 2. The van der Waals surface area contributed by atoms with Gasteiger partial charge in [0.05, 0.1) is 17.7 Å². The van der Waals surface area contributed by atoms with Crippen molar-refractivity contribution >= 4 is 41.0 Å². The van der Waals surface area contributed by atoms with E-state index in [9.17, 15) is 14.4 Å². The Morgan fingerprint density at radius 1 is 1.29 bits per heavy atom. The highest BCUT2D eigenvalue weighted by molar-refractivity contribution is 6.41. The van der Waals surface area contributed by atoms with Crippen molar-refractivity contribution in [1.82, 2.24) is 10.3 Å². The van der Waals surface area contributed by atoms with E-state index in [0.717, 1.165) is 0 Å². The number of pyridine rings is 1. The number of rotatable bonds is 7. The van der Waals surface area contributed by atoms with Crippen molar-refractivity contribution in [1.29, 1.82) is 0 Å². The largest absolute Gasteiger partial charge is 0.467 e. The Labute approximate surface area is 149 Å². The van der Waals surface area contributed by atoms with Gasteiger partial charge in [0.25, 0.3) is 5.91 Å². The normalized spacial score (nSPS) is 11.8. The van der Waals surface area contributed by atoms with Crippen LogP contribution in [-0.2, 0) is 19.1 Å². The van der Waals surface area contributed by atoms with Gasteiger partial charge < -0.3 is 14.8 Å². The number of hydrogen-bond acceptors (Lipinski definition) is 6. The first-order valence-electron chi connectivity index (χ1n) is 7.10. The van der Waals surface area contributed by atoms with Gasteiger partial charge in [-0.15, -0.1) is 0 Å². The highest BCUT2D eigenvalue weighted by Gasteiger charge is 2.23. The summed E-state index contributed by atoms with van der Waals surface area (Å²) in [6.45, 7) is 3.25. The highest BCUT2D eigenvalue weighted by atomic mass is 35.5. The van der Waals surface area contributed by atoms with Gasteiger partial charge in [0.2, 0.25) is 0 Å². The molecule has 1 amide bonds. The maximum Gasteiger partial charge on any atom is 0.340 e. The van der Waals surface area contributed by atoms with Gasteiger partial charge in [-0.3, -0.25) is 4.79 Å². The Morgan fingerprint density at radius 3 is 2.50 bits per heavy atom. The predicted octanol–water partition coefficient (Wildman–Crippen LogP) is 2.25. The molecular weight excluding hydrogens is 359 g/mol. The third kappa shape index (κ3) is 6.33. The smallest absolute Gasteiger partial charge is 0.340 e. The van der Waals surface area contributed by atoms with Crippen molar-refractivity contribution in [2.24, 2.45) is 5.92 Å². The van der Waals surface area contributed by atoms with Gasteiger partial charge in [-0.1, -0.05) is 37.0 Å². The maximum absolute atomic E-state index is 11.9. The number of nitrogens with zero attached hydrogens (tertiary/aromatic N) is 1. The van der Waals surface area contributed by atoms with Gasteiger partial charge >= 0.3 is 11.9 Å². The zero-order valence-electron chi connectivity index (χ0n) is 13.5. The Hall–Kier alpha value is -1.86. The minimum absolute atomic E-state index is 0.0561. The van der Waals surface area contributed by atoms with Gasteiger partial charge in [-0.2, -0.15) is 0 Å².